The predicted octanol–water partition coefficient (Wildman–Crippen LogP) is 8.79. The van der Waals surface area contributed by atoms with Gasteiger partial charge in [-0.3, -0.25) is 5.01 Å². The molecule has 2 nitrogen and oxygen atoms in total. The monoisotopic (exact) mass is 414 g/mol. The molecule has 0 amide bonds. The first-order valence-electron chi connectivity index (χ1n) is 11.6. The Morgan fingerprint density at radius 1 is 0.645 bits per heavy atom. The minimum absolute atomic E-state index is 0.235. The lowest BCUT2D eigenvalue weighted by molar-refractivity contribution is 0.709. The van der Waals surface area contributed by atoms with Crippen LogP contribution in [0.3, 0.4) is 0 Å². The van der Waals surface area contributed by atoms with Gasteiger partial charge in [0.2, 0.25) is 0 Å². The first kappa shape index (κ1) is 25.9. The van der Waals surface area contributed by atoms with Crippen LogP contribution in [0.4, 0.5) is 5.69 Å². The number of hydrogen-bond donors (Lipinski definition) is 0. The molecule has 0 radical (unpaired) electrons. The minimum Gasteiger partial charge on any atom is -0.257 e. The van der Waals surface area contributed by atoms with Crippen molar-refractivity contribution in [3.63, 3.8) is 0 Å². The van der Waals surface area contributed by atoms with Gasteiger partial charge < -0.3 is 0 Å². The van der Waals surface area contributed by atoms with Gasteiger partial charge in [0.25, 0.3) is 0 Å². The zero-order valence-electron chi connectivity index (χ0n) is 20.0. The smallest absolute Gasteiger partial charge is 0.0831 e. The van der Waals surface area contributed by atoms with Gasteiger partial charge in [0.15, 0.2) is 0 Å². The molecule has 3 aromatic rings. The van der Waals surface area contributed by atoms with Gasteiger partial charge in [0.05, 0.1) is 17.4 Å². The van der Waals surface area contributed by atoms with Gasteiger partial charge in [-0.25, -0.2) is 0 Å². The molecule has 0 spiro atoms. The van der Waals surface area contributed by atoms with Crippen LogP contribution in [0.5, 0.6) is 0 Å². The van der Waals surface area contributed by atoms with Crippen molar-refractivity contribution in [2.45, 2.75) is 54.0 Å². The molecule has 1 aliphatic rings. The summed E-state index contributed by atoms with van der Waals surface area (Å²) in [4.78, 5) is 0. The van der Waals surface area contributed by atoms with E-state index in [1.807, 2.05) is 53.7 Å². The molecule has 2 heteroatoms. The third kappa shape index (κ3) is 7.90. The lowest BCUT2D eigenvalue weighted by Crippen LogP contribution is -2.18. The number of hydrazone groups is 1. The van der Waals surface area contributed by atoms with Gasteiger partial charge >= 0.3 is 0 Å². The molecule has 0 fully saturated rings. The number of hydrogen-bond acceptors (Lipinski definition) is 2. The van der Waals surface area contributed by atoms with Gasteiger partial charge in [0, 0.05) is 6.42 Å². The summed E-state index contributed by atoms with van der Waals surface area (Å²) in [6.07, 6.45) is 5.17. The standard InChI is InChI=1S/C23H20N2.3C2H6/c1-4-10-19(11-5-1)16-17-21-18-23(20-12-6-2-7-13-20)25(24-21)22-14-8-3-9-15-22;3*1-2/h1-17,23H,18H2;3*1-2H3/b17-16+;;;. The molecule has 0 saturated heterocycles. The largest absolute Gasteiger partial charge is 0.257 e. The van der Waals surface area contributed by atoms with Gasteiger partial charge in [-0.05, 0) is 29.3 Å². The third-order valence-corrected chi connectivity index (χ3v) is 4.41. The zero-order valence-corrected chi connectivity index (χ0v) is 20.0. The molecule has 0 aromatic heterocycles. The molecule has 1 heterocycles. The highest BCUT2D eigenvalue weighted by atomic mass is 15.5. The summed E-state index contributed by atoms with van der Waals surface area (Å²) in [6.45, 7) is 12.0. The van der Waals surface area contributed by atoms with Crippen LogP contribution >= 0.6 is 0 Å². The quantitative estimate of drug-likeness (QED) is 0.416. The van der Waals surface area contributed by atoms with Gasteiger partial charge in [-0.15, -0.1) is 0 Å². The van der Waals surface area contributed by atoms with Crippen molar-refractivity contribution in [2.24, 2.45) is 5.10 Å². The van der Waals surface area contributed by atoms with Crippen LogP contribution < -0.4 is 5.01 Å². The fourth-order valence-electron chi connectivity index (χ4n) is 3.14. The Morgan fingerprint density at radius 3 is 1.68 bits per heavy atom. The molecule has 3 aromatic carbocycles. The molecule has 0 N–H and O–H groups in total. The van der Waals surface area contributed by atoms with E-state index >= 15 is 0 Å². The number of rotatable bonds is 4. The van der Waals surface area contributed by atoms with E-state index in [0.717, 1.165) is 17.8 Å². The van der Waals surface area contributed by atoms with E-state index < -0.39 is 0 Å². The van der Waals surface area contributed by atoms with Crippen molar-refractivity contribution in [3.05, 3.63) is 108 Å². The second-order valence-electron chi connectivity index (χ2n) is 6.15. The summed E-state index contributed by atoms with van der Waals surface area (Å²) in [5, 5.41) is 7.03. The summed E-state index contributed by atoms with van der Waals surface area (Å²) >= 11 is 0. The van der Waals surface area contributed by atoms with E-state index in [2.05, 4.69) is 96.0 Å². The summed E-state index contributed by atoms with van der Waals surface area (Å²) in [7, 11) is 0. The second kappa shape index (κ2) is 15.7. The summed E-state index contributed by atoms with van der Waals surface area (Å²) in [6, 6.07) is 31.6. The molecule has 0 aliphatic carbocycles. The summed E-state index contributed by atoms with van der Waals surface area (Å²) in [5.74, 6) is 0. The Morgan fingerprint density at radius 2 is 1.13 bits per heavy atom. The molecule has 31 heavy (non-hydrogen) atoms. The Labute approximate surface area is 190 Å². The van der Waals surface area contributed by atoms with E-state index in [0.29, 0.717) is 0 Å². The Kier molecular flexibility index (Phi) is 13.1. The Bertz CT molecular complexity index is 868. The van der Waals surface area contributed by atoms with E-state index in [1.54, 1.807) is 0 Å². The maximum absolute atomic E-state index is 4.89. The van der Waals surface area contributed by atoms with E-state index in [9.17, 15) is 0 Å². The number of para-hydroxylation sites is 1. The van der Waals surface area contributed by atoms with Gasteiger partial charge in [-0.1, -0.05) is 126 Å². The van der Waals surface area contributed by atoms with Crippen LogP contribution in [0.1, 0.15) is 65.1 Å². The third-order valence-electron chi connectivity index (χ3n) is 4.41. The average Bonchev–Trinajstić information content (AvgIpc) is 3.33. The number of anilines is 1. The van der Waals surface area contributed by atoms with Crippen molar-refractivity contribution < 1.29 is 0 Å². The normalized spacial score (nSPS) is 14.3. The van der Waals surface area contributed by atoms with Gasteiger partial charge in [-0.2, -0.15) is 5.10 Å². The highest BCUT2D eigenvalue weighted by molar-refractivity contribution is 6.01. The lowest BCUT2D eigenvalue weighted by Gasteiger charge is -2.23. The maximum atomic E-state index is 4.89. The van der Waals surface area contributed by atoms with E-state index in [4.69, 9.17) is 5.10 Å². The fraction of sp³-hybridized carbons (Fsp3) is 0.276. The molecule has 164 valence electrons. The molecule has 0 saturated carbocycles. The SMILES string of the molecule is C(=C\c1ccccc1)/C1=NN(c2ccccc2)C(c2ccccc2)C1.CC.CC.CC. The van der Waals surface area contributed by atoms with Crippen LogP contribution in [-0.4, -0.2) is 5.71 Å². The average molecular weight is 415 g/mol. The van der Waals surface area contributed by atoms with E-state index in [1.165, 1.54) is 11.1 Å². The molecule has 1 unspecified atom stereocenters. The Balaban J connectivity index is 0.000000739. The number of nitrogens with zero attached hydrogens (tertiary/aromatic N) is 2. The second-order valence-corrected chi connectivity index (χ2v) is 6.15. The molecule has 1 aliphatic heterocycles. The molecule has 4 rings (SSSR count). The number of benzene rings is 3. The summed E-state index contributed by atoms with van der Waals surface area (Å²) in [5.41, 5.74) is 4.71. The van der Waals surface area contributed by atoms with Crippen LogP contribution in [-0.2, 0) is 0 Å². The highest BCUT2D eigenvalue weighted by Crippen LogP contribution is 2.35. The zero-order chi connectivity index (χ0) is 22.9. The number of allylic oxidation sites excluding steroid dienone is 1. The minimum atomic E-state index is 0.235. The van der Waals surface area contributed by atoms with Crippen molar-refractivity contribution in [1.29, 1.82) is 0 Å². The maximum Gasteiger partial charge on any atom is 0.0831 e. The summed E-state index contributed by atoms with van der Waals surface area (Å²) < 4.78 is 0. The van der Waals surface area contributed by atoms with Crippen LogP contribution in [0.25, 0.3) is 6.08 Å². The van der Waals surface area contributed by atoms with Crippen molar-refractivity contribution >= 4 is 17.5 Å². The molecule has 1 atom stereocenters. The first-order chi connectivity index (χ1) is 15.4. The van der Waals surface area contributed by atoms with Crippen molar-refractivity contribution in [1.82, 2.24) is 0 Å². The van der Waals surface area contributed by atoms with Crippen LogP contribution in [0, 0.1) is 0 Å². The lowest BCUT2D eigenvalue weighted by atomic mass is 10.0. The van der Waals surface area contributed by atoms with Crippen molar-refractivity contribution in [2.75, 3.05) is 5.01 Å². The fourth-order valence-corrected chi connectivity index (χ4v) is 3.14. The van der Waals surface area contributed by atoms with Gasteiger partial charge in [0.1, 0.15) is 0 Å². The van der Waals surface area contributed by atoms with Crippen LogP contribution in [0.15, 0.2) is 102 Å². The molecular weight excluding hydrogens is 376 g/mol. The predicted molar refractivity (Wildman–Crippen MR) is 140 cm³/mol. The molecular formula is C29H38N2. The van der Waals surface area contributed by atoms with Crippen LogP contribution in [0.2, 0.25) is 0 Å². The topological polar surface area (TPSA) is 15.6 Å². The first-order valence-corrected chi connectivity index (χ1v) is 11.6. The molecule has 0 bridgehead atoms. The highest BCUT2D eigenvalue weighted by Gasteiger charge is 2.27. The van der Waals surface area contributed by atoms with Crippen molar-refractivity contribution in [3.8, 4) is 0 Å². The van der Waals surface area contributed by atoms with E-state index in [-0.39, 0.29) is 6.04 Å². The Hall–Kier alpha value is -3.13.